The van der Waals surface area contributed by atoms with Gasteiger partial charge in [-0.1, -0.05) is 96.2 Å². The largest absolute Gasteiger partial charge is 0.476 e. The number of primary amides is 1. The summed E-state index contributed by atoms with van der Waals surface area (Å²) in [5.41, 5.74) is 5.56. The molecule has 0 fully saturated rings. The molecule has 9 heteroatoms. The summed E-state index contributed by atoms with van der Waals surface area (Å²) < 4.78 is 0. The highest BCUT2D eigenvalue weighted by molar-refractivity contribution is 7.14. The predicted octanol–water partition coefficient (Wildman–Crippen LogP) is 4.62. The first kappa shape index (κ1) is 25.6. The quantitative estimate of drug-likeness (QED) is 0.161. The van der Waals surface area contributed by atoms with Crippen LogP contribution in [0.3, 0.4) is 0 Å². The van der Waals surface area contributed by atoms with Crippen molar-refractivity contribution in [2.24, 2.45) is 10.9 Å². The van der Waals surface area contributed by atoms with Crippen molar-refractivity contribution in [2.45, 2.75) is 25.0 Å². The zero-order chi connectivity index (χ0) is 26.5. The van der Waals surface area contributed by atoms with E-state index in [1.54, 1.807) is 5.38 Å². The van der Waals surface area contributed by atoms with Gasteiger partial charge in [-0.25, -0.2) is 9.78 Å². The molecule has 3 aromatic carbocycles. The number of rotatable bonds is 10. The summed E-state index contributed by atoms with van der Waals surface area (Å²) in [6.07, 6.45) is 0. The van der Waals surface area contributed by atoms with Crippen LogP contribution in [0.15, 0.2) is 102 Å². The second kappa shape index (κ2) is 10.6. The number of hydrogen-bond acceptors (Lipinski definition) is 7. The van der Waals surface area contributed by atoms with Crippen molar-refractivity contribution in [3.05, 3.63) is 119 Å². The van der Waals surface area contributed by atoms with Gasteiger partial charge in [0.25, 0.3) is 5.91 Å². The van der Waals surface area contributed by atoms with Crippen molar-refractivity contribution >= 4 is 34.1 Å². The zero-order valence-corrected chi connectivity index (χ0v) is 21.1. The summed E-state index contributed by atoms with van der Waals surface area (Å²) >= 11 is 1.23. The Morgan fingerprint density at radius 1 is 0.892 bits per heavy atom. The number of carbonyl (C=O) groups excluding carboxylic acids is 1. The summed E-state index contributed by atoms with van der Waals surface area (Å²) in [5.74, 6) is -2.13. The van der Waals surface area contributed by atoms with Gasteiger partial charge in [0.2, 0.25) is 11.3 Å². The number of nitrogens with zero attached hydrogens (tertiary/aromatic N) is 2. The second-order valence-corrected chi connectivity index (χ2v) is 9.58. The van der Waals surface area contributed by atoms with Crippen LogP contribution in [0.1, 0.15) is 36.2 Å². The van der Waals surface area contributed by atoms with Crippen molar-refractivity contribution in [2.75, 3.05) is 5.32 Å². The van der Waals surface area contributed by atoms with Gasteiger partial charge in [-0.2, -0.15) is 0 Å². The summed E-state index contributed by atoms with van der Waals surface area (Å²) in [5, 5.41) is 19.1. The van der Waals surface area contributed by atoms with E-state index in [1.165, 1.54) is 25.2 Å². The van der Waals surface area contributed by atoms with Gasteiger partial charge >= 0.3 is 5.97 Å². The SMILES string of the molecule is CC(C)(O/N=C(/C(=O)O)c1csc(NC(c2ccccc2)(c2ccccc2)c2ccccc2)n1)C(N)=O. The van der Waals surface area contributed by atoms with Crippen LogP contribution in [0.2, 0.25) is 0 Å². The number of thiazole rings is 1. The van der Waals surface area contributed by atoms with Gasteiger partial charge in [0.1, 0.15) is 11.2 Å². The first-order chi connectivity index (χ1) is 17.7. The van der Waals surface area contributed by atoms with E-state index in [2.05, 4.69) is 15.5 Å². The van der Waals surface area contributed by atoms with Gasteiger partial charge < -0.3 is 21.0 Å². The lowest BCUT2D eigenvalue weighted by atomic mass is 9.77. The molecule has 0 spiro atoms. The zero-order valence-electron chi connectivity index (χ0n) is 20.3. The minimum absolute atomic E-state index is 0.0864. The molecule has 0 aliphatic carbocycles. The van der Waals surface area contributed by atoms with E-state index >= 15 is 0 Å². The summed E-state index contributed by atoms with van der Waals surface area (Å²) in [6, 6.07) is 29.9. The molecule has 0 saturated carbocycles. The average Bonchev–Trinajstić information content (AvgIpc) is 3.36. The summed E-state index contributed by atoms with van der Waals surface area (Å²) in [4.78, 5) is 33.2. The number of carboxylic acid groups (broad SMARTS) is 1. The van der Waals surface area contributed by atoms with Crippen LogP contribution >= 0.6 is 11.3 Å². The highest BCUT2D eigenvalue weighted by Gasteiger charge is 2.37. The first-order valence-electron chi connectivity index (χ1n) is 11.4. The number of benzene rings is 3. The van der Waals surface area contributed by atoms with E-state index < -0.39 is 28.7 Å². The van der Waals surface area contributed by atoms with Crippen LogP contribution in [-0.4, -0.2) is 33.3 Å². The lowest BCUT2D eigenvalue weighted by Gasteiger charge is -2.36. The maximum absolute atomic E-state index is 12.0. The summed E-state index contributed by atoms with van der Waals surface area (Å²) in [6.45, 7) is 2.81. The van der Waals surface area contributed by atoms with Gasteiger partial charge in [-0.3, -0.25) is 4.79 Å². The number of aromatic nitrogens is 1. The van der Waals surface area contributed by atoms with Gasteiger partial charge in [-0.15, -0.1) is 11.3 Å². The van der Waals surface area contributed by atoms with Crippen molar-refractivity contribution in [3.63, 3.8) is 0 Å². The molecule has 37 heavy (non-hydrogen) atoms. The Hall–Kier alpha value is -4.50. The highest BCUT2D eigenvalue weighted by Crippen LogP contribution is 2.40. The molecule has 4 aromatic rings. The fourth-order valence-corrected chi connectivity index (χ4v) is 4.53. The Morgan fingerprint density at radius 2 is 1.35 bits per heavy atom. The summed E-state index contributed by atoms with van der Waals surface area (Å²) in [7, 11) is 0. The Bertz CT molecular complexity index is 1310. The molecule has 0 bridgehead atoms. The number of carbonyl (C=O) groups is 2. The molecule has 1 heterocycles. The molecule has 0 aliphatic rings. The lowest BCUT2D eigenvalue weighted by molar-refractivity contribution is -0.140. The van der Waals surface area contributed by atoms with Gasteiger partial charge in [0, 0.05) is 5.38 Å². The maximum Gasteiger partial charge on any atom is 0.360 e. The number of nitrogens with one attached hydrogen (secondary N) is 1. The molecule has 0 unspecified atom stereocenters. The molecule has 0 atom stereocenters. The average molecular weight is 515 g/mol. The van der Waals surface area contributed by atoms with E-state index in [0.29, 0.717) is 5.13 Å². The molecule has 1 aromatic heterocycles. The van der Waals surface area contributed by atoms with Crippen molar-refractivity contribution in [3.8, 4) is 0 Å². The Balaban J connectivity index is 1.82. The fraction of sp³-hybridized carbons (Fsp3) is 0.143. The molecule has 0 radical (unpaired) electrons. The predicted molar refractivity (Wildman–Crippen MR) is 143 cm³/mol. The maximum atomic E-state index is 12.0. The monoisotopic (exact) mass is 514 g/mol. The molecule has 1 amide bonds. The second-order valence-electron chi connectivity index (χ2n) is 8.72. The van der Waals surface area contributed by atoms with Crippen LogP contribution in [0.5, 0.6) is 0 Å². The van der Waals surface area contributed by atoms with E-state index in [1.807, 2.05) is 91.0 Å². The number of nitrogens with two attached hydrogens (primary N) is 1. The van der Waals surface area contributed by atoms with Crippen LogP contribution in [-0.2, 0) is 20.0 Å². The molecule has 4 N–H and O–H groups in total. The lowest BCUT2D eigenvalue weighted by Crippen LogP contribution is -2.39. The van der Waals surface area contributed by atoms with Crippen LogP contribution in [0.25, 0.3) is 0 Å². The van der Waals surface area contributed by atoms with Crippen molar-refractivity contribution in [1.29, 1.82) is 0 Å². The third kappa shape index (κ3) is 5.36. The van der Waals surface area contributed by atoms with E-state index in [-0.39, 0.29) is 5.69 Å². The van der Waals surface area contributed by atoms with E-state index in [9.17, 15) is 14.7 Å². The van der Waals surface area contributed by atoms with Gasteiger partial charge in [0.15, 0.2) is 5.13 Å². The molecular weight excluding hydrogens is 488 g/mol. The number of amides is 1. The normalized spacial score (nSPS) is 12.1. The van der Waals surface area contributed by atoms with Crippen molar-refractivity contribution < 1.29 is 19.5 Å². The van der Waals surface area contributed by atoms with E-state index in [4.69, 9.17) is 10.6 Å². The van der Waals surface area contributed by atoms with Crippen LogP contribution in [0.4, 0.5) is 5.13 Å². The Labute approximate surface area is 218 Å². The highest BCUT2D eigenvalue weighted by atomic mass is 32.1. The topological polar surface area (TPSA) is 127 Å². The minimum atomic E-state index is -1.49. The number of oxime groups is 1. The standard InChI is InChI=1S/C28H26N4O4S/c1-27(2,25(29)35)36-32-23(24(33)34)22-18-37-26(30-22)31-28(19-12-6-3-7-13-19,20-14-8-4-9-15-20)21-16-10-5-11-17-21/h3-18H,1-2H3,(H2,29,35)(H,30,31)(H,33,34)/b32-23+. The number of carboxylic acids is 1. The molecular formula is C28H26N4O4S. The molecule has 8 nitrogen and oxygen atoms in total. The van der Waals surface area contributed by atoms with Crippen molar-refractivity contribution in [1.82, 2.24) is 4.98 Å². The smallest absolute Gasteiger partial charge is 0.360 e. The molecule has 0 saturated heterocycles. The molecule has 188 valence electrons. The Kier molecular flexibility index (Phi) is 7.35. The number of hydrogen-bond donors (Lipinski definition) is 3. The number of aliphatic carboxylic acids is 1. The molecule has 4 rings (SSSR count). The van der Waals surface area contributed by atoms with Gasteiger partial charge in [0.05, 0.1) is 0 Å². The molecule has 0 aliphatic heterocycles. The van der Waals surface area contributed by atoms with Crippen LogP contribution < -0.4 is 11.1 Å². The van der Waals surface area contributed by atoms with E-state index in [0.717, 1.165) is 16.7 Å². The van der Waals surface area contributed by atoms with Crippen LogP contribution in [0, 0.1) is 0 Å². The fourth-order valence-electron chi connectivity index (χ4n) is 3.78. The first-order valence-corrected chi connectivity index (χ1v) is 12.3. The third-order valence-electron chi connectivity index (χ3n) is 5.82. The third-order valence-corrected chi connectivity index (χ3v) is 6.58. The minimum Gasteiger partial charge on any atom is -0.476 e. The number of anilines is 1. The Morgan fingerprint density at radius 3 is 1.76 bits per heavy atom. The van der Waals surface area contributed by atoms with Gasteiger partial charge in [-0.05, 0) is 30.5 Å².